The van der Waals surface area contributed by atoms with Crippen LogP contribution in [0.1, 0.15) is 44.0 Å². The second-order valence-corrected chi connectivity index (χ2v) is 5.97. The van der Waals surface area contributed by atoms with Gasteiger partial charge in [0.05, 0.1) is 13.0 Å². The van der Waals surface area contributed by atoms with Crippen molar-refractivity contribution >= 4 is 23.5 Å². The maximum Gasteiger partial charge on any atom is 0.307 e. The molecule has 1 amide bonds. The highest BCUT2D eigenvalue weighted by Crippen LogP contribution is 2.13. The summed E-state index contributed by atoms with van der Waals surface area (Å²) in [7, 11) is 0. The van der Waals surface area contributed by atoms with Crippen LogP contribution in [-0.2, 0) is 9.53 Å². The van der Waals surface area contributed by atoms with E-state index in [9.17, 15) is 9.59 Å². The van der Waals surface area contributed by atoms with Crippen molar-refractivity contribution in [1.29, 1.82) is 0 Å². The van der Waals surface area contributed by atoms with Gasteiger partial charge in [-0.05, 0) is 43.5 Å². The molecule has 0 saturated heterocycles. The van der Waals surface area contributed by atoms with Gasteiger partial charge in [0.15, 0.2) is 0 Å². The lowest BCUT2D eigenvalue weighted by atomic mass is 10.1. The van der Waals surface area contributed by atoms with E-state index >= 15 is 0 Å². The monoisotopic (exact) mass is 325 g/mol. The van der Waals surface area contributed by atoms with Crippen LogP contribution in [0.3, 0.4) is 0 Å². The lowest BCUT2D eigenvalue weighted by Crippen LogP contribution is -2.34. The molecule has 122 valence electrons. The maximum atomic E-state index is 12.6. The van der Waals surface area contributed by atoms with Gasteiger partial charge in [-0.3, -0.25) is 9.59 Å². The highest BCUT2D eigenvalue weighted by molar-refractivity contribution is 6.30. The quantitative estimate of drug-likeness (QED) is 0.683. The fraction of sp³-hybridized carbons (Fsp3) is 0.529. The zero-order valence-electron chi connectivity index (χ0n) is 13.5. The molecule has 0 saturated carbocycles. The van der Waals surface area contributed by atoms with E-state index in [4.69, 9.17) is 16.3 Å². The van der Waals surface area contributed by atoms with Crippen LogP contribution in [0.4, 0.5) is 0 Å². The average molecular weight is 326 g/mol. The molecule has 0 heterocycles. The van der Waals surface area contributed by atoms with E-state index < -0.39 is 0 Å². The van der Waals surface area contributed by atoms with Crippen LogP contribution in [0, 0.1) is 5.92 Å². The van der Waals surface area contributed by atoms with E-state index in [2.05, 4.69) is 13.8 Å². The second-order valence-electron chi connectivity index (χ2n) is 5.54. The first-order chi connectivity index (χ1) is 10.4. The minimum absolute atomic E-state index is 0.0818. The fourth-order valence-electron chi connectivity index (χ4n) is 1.96. The molecule has 0 N–H and O–H groups in total. The van der Waals surface area contributed by atoms with Gasteiger partial charge >= 0.3 is 5.97 Å². The van der Waals surface area contributed by atoms with Crippen LogP contribution in [0.2, 0.25) is 5.02 Å². The molecule has 22 heavy (non-hydrogen) atoms. The van der Waals surface area contributed by atoms with Gasteiger partial charge in [0.1, 0.15) is 0 Å². The van der Waals surface area contributed by atoms with E-state index in [1.807, 2.05) is 0 Å². The molecule has 1 aromatic rings. The molecule has 0 atom stereocenters. The van der Waals surface area contributed by atoms with Gasteiger partial charge in [-0.15, -0.1) is 0 Å². The van der Waals surface area contributed by atoms with Crippen LogP contribution in [0.5, 0.6) is 0 Å². The Hall–Kier alpha value is -1.55. The van der Waals surface area contributed by atoms with Crippen molar-refractivity contribution in [1.82, 2.24) is 4.90 Å². The predicted molar refractivity (Wildman–Crippen MR) is 88.1 cm³/mol. The Kier molecular flexibility index (Phi) is 7.96. The number of esters is 1. The van der Waals surface area contributed by atoms with Gasteiger partial charge in [0.25, 0.3) is 5.91 Å². The van der Waals surface area contributed by atoms with Gasteiger partial charge in [-0.2, -0.15) is 0 Å². The number of ether oxygens (including phenoxy) is 1. The third kappa shape index (κ3) is 6.48. The zero-order valence-corrected chi connectivity index (χ0v) is 14.2. The molecule has 0 radical (unpaired) electrons. The Balaban J connectivity index is 2.72. The van der Waals surface area contributed by atoms with E-state index in [0.717, 1.165) is 6.42 Å². The SMILES string of the molecule is CCOC(=O)CCN(CCC(C)C)C(=O)c1ccc(Cl)cc1. The molecule has 0 bridgehead atoms. The average Bonchev–Trinajstić information content (AvgIpc) is 2.47. The summed E-state index contributed by atoms with van der Waals surface area (Å²) >= 11 is 5.85. The summed E-state index contributed by atoms with van der Waals surface area (Å²) in [6.45, 7) is 7.33. The Morgan fingerprint density at radius 3 is 2.36 bits per heavy atom. The Bertz CT molecular complexity index is 485. The lowest BCUT2D eigenvalue weighted by molar-refractivity contribution is -0.143. The third-order valence-corrected chi connectivity index (χ3v) is 3.50. The molecule has 4 nitrogen and oxygen atoms in total. The van der Waals surface area contributed by atoms with Gasteiger partial charge < -0.3 is 9.64 Å². The van der Waals surface area contributed by atoms with Crippen molar-refractivity contribution in [2.24, 2.45) is 5.92 Å². The minimum Gasteiger partial charge on any atom is -0.466 e. The maximum absolute atomic E-state index is 12.6. The molecule has 0 aliphatic rings. The highest BCUT2D eigenvalue weighted by atomic mass is 35.5. The first kappa shape index (κ1) is 18.5. The van der Waals surface area contributed by atoms with Gasteiger partial charge in [-0.1, -0.05) is 25.4 Å². The molecule has 1 aromatic carbocycles. The van der Waals surface area contributed by atoms with Crippen LogP contribution in [0.15, 0.2) is 24.3 Å². The molecule has 0 aliphatic carbocycles. The number of hydrogen-bond donors (Lipinski definition) is 0. The summed E-state index contributed by atoms with van der Waals surface area (Å²) in [6, 6.07) is 6.80. The van der Waals surface area contributed by atoms with Crippen molar-refractivity contribution in [3.8, 4) is 0 Å². The minimum atomic E-state index is -0.277. The molecule has 0 aromatic heterocycles. The van der Waals surface area contributed by atoms with E-state index in [0.29, 0.717) is 36.2 Å². The first-order valence-electron chi connectivity index (χ1n) is 7.64. The number of carbonyl (C=O) groups excluding carboxylic acids is 2. The molecule has 0 spiro atoms. The number of hydrogen-bond acceptors (Lipinski definition) is 3. The fourth-order valence-corrected chi connectivity index (χ4v) is 2.09. The van der Waals surface area contributed by atoms with Crippen LogP contribution < -0.4 is 0 Å². The topological polar surface area (TPSA) is 46.6 Å². The molecular weight excluding hydrogens is 302 g/mol. The number of carbonyl (C=O) groups is 2. The summed E-state index contributed by atoms with van der Waals surface area (Å²) in [5.74, 6) is 0.130. The Morgan fingerprint density at radius 1 is 1.18 bits per heavy atom. The summed E-state index contributed by atoms with van der Waals surface area (Å²) in [6.07, 6.45) is 1.10. The van der Waals surface area contributed by atoms with Crippen molar-refractivity contribution in [3.05, 3.63) is 34.9 Å². The Morgan fingerprint density at radius 2 is 1.82 bits per heavy atom. The summed E-state index contributed by atoms with van der Waals surface area (Å²) in [4.78, 5) is 25.8. The zero-order chi connectivity index (χ0) is 16.5. The predicted octanol–water partition coefficient (Wildman–Crippen LogP) is 3.78. The molecule has 1 rings (SSSR count). The number of halogens is 1. The molecular formula is C17H24ClNO3. The number of benzene rings is 1. The van der Waals surface area contributed by atoms with Crippen molar-refractivity contribution in [2.45, 2.75) is 33.6 Å². The molecule has 0 unspecified atom stereocenters. The van der Waals surface area contributed by atoms with Crippen molar-refractivity contribution in [3.63, 3.8) is 0 Å². The number of nitrogens with zero attached hydrogens (tertiary/aromatic N) is 1. The summed E-state index contributed by atoms with van der Waals surface area (Å²) in [5, 5.41) is 0.594. The normalized spacial score (nSPS) is 10.6. The number of amides is 1. The largest absolute Gasteiger partial charge is 0.466 e. The highest BCUT2D eigenvalue weighted by Gasteiger charge is 2.17. The van der Waals surface area contributed by atoms with E-state index in [1.54, 1.807) is 36.1 Å². The number of rotatable bonds is 8. The van der Waals surface area contributed by atoms with Crippen LogP contribution in [-0.4, -0.2) is 36.5 Å². The second kappa shape index (κ2) is 9.46. The first-order valence-corrected chi connectivity index (χ1v) is 8.02. The molecule has 0 fully saturated rings. The molecule has 5 heteroatoms. The van der Waals surface area contributed by atoms with E-state index in [1.165, 1.54) is 0 Å². The summed E-state index contributed by atoms with van der Waals surface area (Å²) < 4.78 is 4.92. The molecule has 0 aliphatic heterocycles. The van der Waals surface area contributed by atoms with Crippen LogP contribution in [0.25, 0.3) is 0 Å². The van der Waals surface area contributed by atoms with Crippen molar-refractivity contribution < 1.29 is 14.3 Å². The van der Waals surface area contributed by atoms with Gasteiger partial charge in [0.2, 0.25) is 0 Å². The van der Waals surface area contributed by atoms with Crippen molar-refractivity contribution in [2.75, 3.05) is 19.7 Å². The lowest BCUT2D eigenvalue weighted by Gasteiger charge is -2.23. The van der Waals surface area contributed by atoms with Crippen LogP contribution >= 0.6 is 11.6 Å². The standard InChI is InChI=1S/C17H24ClNO3/c1-4-22-16(20)10-12-19(11-9-13(2)3)17(21)14-5-7-15(18)8-6-14/h5-8,13H,4,9-12H2,1-3H3. The van der Waals surface area contributed by atoms with Gasteiger partial charge in [-0.25, -0.2) is 0 Å². The summed E-state index contributed by atoms with van der Waals surface area (Å²) in [5.41, 5.74) is 0.581. The van der Waals surface area contributed by atoms with Gasteiger partial charge in [0, 0.05) is 23.7 Å². The Labute approximate surface area is 137 Å². The van der Waals surface area contributed by atoms with E-state index in [-0.39, 0.29) is 18.3 Å². The smallest absolute Gasteiger partial charge is 0.307 e. The third-order valence-electron chi connectivity index (χ3n) is 3.25.